The molecule has 0 saturated carbocycles. The standard InChI is InChI=1S/C18H22N2O3/c1-12-3-5-15(6-4-12)16-11-17(23-19-16)18(22)20-9-7-14(8-10-20)13(2)21/h3-6,11,13-14,21H,7-10H2,1-2H3. The number of carbonyl (C=O) groups is 1. The van der Waals surface area contributed by atoms with Crippen LogP contribution >= 0.6 is 0 Å². The van der Waals surface area contributed by atoms with Gasteiger partial charge in [-0.05, 0) is 32.6 Å². The molecule has 1 unspecified atom stereocenters. The van der Waals surface area contributed by atoms with Crippen molar-refractivity contribution < 1.29 is 14.4 Å². The second-order valence-corrected chi connectivity index (χ2v) is 6.31. The van der Waals surface area contributed by atoms with Gasteiger partial charge in [-0.3, -0.25) is 4.79 Å². The maximum atomic E-state index is 12.5. The molecule has 1 fully saturated rings. The predicted octanol–water partition coefficient (Wildman–Crippen LogP) is 2.88. The number of nitrogens with zero attached hydrogens (tertiary/aromatic N) is 2. The smallest absolute Gasteiger partial charge is 0.292 e. The fourth-order valence-electron chi connectivity index (χ4n) is 2.98. The van der Waals surface area contributed by atoms with Crippen molar-refractivity contribution in [1.82, 2.24) is 10.1 Å². The molecule has 23 heavy (non-hydrogen) atoms. The maximum absolute atomic E-state index is 12.5. The van der Waals surface area contributed by atoms with E-state index >= 15 is 0 Å². The number of aryl methyl sites for hydroxylation is 1. The van der Waals surface area contributed by atoms with E-state index in [4.69, 9.17) is 4.52 Å². The number of likely N-dealkylation sites (tertiary alicyclic amines) is 1. The molecular formula is C18H22N2O3. The fraction of sp³-hybridized carbons (Fsp3) is 0.444. The monoisotopic (exact) mass is 314 g/mol. The summed E-state index contributed by atoms with van der Waals surface area (Å²) in [4.78, 5) is 14.3. The number of rotatable bonds is 3. The normalized spacial score (nSPS) is 17.3. The van der Waals surface area contributed by atoms with Gasteiger partial charge in [0.15, 0.2) is 0 Å². The molecule has 0 aliphatic carbocycles. The lowest BCUT2D eigenvalue weighted by molar-refractivity contribution is 0.0491. The molecule has 3 rings (SSSR count). The molecule has 5 nitrogen and oxygen atoms in total. The summed E-state index contributed by atoms with van der Waals surface area (Å²) >= 11 is 0. The van der Waals surface area contributed by atoms with Gasteiger partial charge in [0.2, 0.25) is 5.76 Å². The highest BCUT2D eigenvalue weighted by molar-refractivity contribution is 5.92. The van der Waals surface area contributed by atoms with Gasteiger partial charge in [-0.15, -0.1) is 0 Å². The van der Waals surface area contributed by atoms with Gasteiger partial charge in [0.25, 0.3) is 5.91 Å². The number of hydrogen-bond acceptors (Lipinski definition) is 4. The SMILES string of the molecule is Cc1ccc(-c2cc(C(=O)N3CCC(C(C)O)CC3)on2)cc1. The summed E-state index contributed by atoms with van der Waals surface area (Å²) in [6, 6.07) is 9.65. The van der Waals surface area contributed by atoms with Gasteiger partial charge in [-0.2, -0.15) is 0 Å². The first kappa shape index (κ1) is 15.7. The van der Waals surface area contributed by atoms with Crippen LogP contribution in [0.1, 0.15) is 35.9 Å². The number of aliphatic hydroxyl groups excluding tert-OH is 1. The number of aromatic nitrogens is 1. The average Bonchev–Trinajstić information content (AvgIpc) is 3.05. The zero-order chi connectivity index (χ0) is 16.4. The molecule has 1 saturated heterocycles. The first-order chi connectivity index (χ1) is 11.0. The van der Waals surface area contributed by atoms with Gasteiger partial charge in [-0.25, -0.2) is 0 Å². The highest BCUT2D eigenvalue weighted by Gasteiger charge is 2.28. The summed E-state index contributed by atoms with van der Waals surface area (Å²) in [6.07, 6.45) is 1.33. The molecule has 2 heterocycles. The molecule has 0 spiro atoms. The Bertz CT molecular complexity index is 668. The van der Waals surface area contributed by atoms with E-state index in [9.17, 15) is 9.90 Å². The molecule has 0 bridgehead atoms. The van der Waals surface area contributed by atoms with Crippen LogP contribution in [-0.2, 0) is 0 Å². The van der Waals surface area contributed by atoms with Crippen LogP contribution < -0.4 is 0 Å². The second-order valence-electron chi connectivity index (χ2n) is 6.31. The Morgan fingerprint density at radius 1 is 1.30 bits per heavy atom. The summed E-state index contributed by atoms with van der Waals surface area (Å²) in [7, 11) is 0. The van der Waals surface area contributed by atoms with Gasteiger partial charge in [0.1, 0.15) is 5.69 Å². The van der Waals surface area contributed by atoms with Crippen LogP contribution in [0, 0.1) is 12.8 Å². The molecule has 1 atom stereocenters. The Balaban J connectivity index is 1.68. The second kappa shape index (κ2) is 6.54. The number of carbonyl (C=O) groups excluding carboxylic acids is 1. The molecule has 1 aromatic carbocycles. The van der Waals surface area contributed by atoms with Crippen molar-refractivity contribution in [2.45, 2.75) is 32.8 Å². The third-order valence-corrected chi connectivity index (χ3v) is 4.58. The summed E-state index contributed by atoms with van der Waals surface area (Å²) < 4.78 is 5.25. The van der Waals surface area contributed by atoms with Crippen LogP contribution in [0.4, 0.5) is 0 Å². The van der Waals surface area contributed by atoms with Crippen LogP contribution in [0.15, 0.2) is 34.9 Å². The molecule has 1 amide bonds. The van der Waals surface area contributed by atoms with Crippen LogP contribution in [-0.4, -0.2) is 40.3 Å². The summed E-state index contributed by atoms with van der Waals surface area (Å²) in [5, 5.41) is 13.6. The summed E-state index contributed by atoms with van der Waals surface area (Å²) in [5.41, 5.74) is 2.79. The van der Waals surface area contributed by atoms with Crippen LogP contribution in [0.2, 0.25) is 0 Å². The molecule has 1 aromatic heterocycles. The largest absolute Gasteiger partial charge is 0.393 e. The minimum Gasteiger partial charge on any atom is -0.393 e. The molecule has 5 heteroatoms. The van der Waals surface area contributed by atoms with Crippen LogP contribution in [0.3, 0.4) is 0 Å². The van der Waals surface area contributed by atoms with Crippen LogP contribution in [0.5, 0.6) is 0 Å². The van der Waals surface area contributed by atoms with Gasteiger partial charge >= 0.3 is 0 Å². The molecule has 1 N–H and O–H groups in total. The Hall–Kier alpha value is -2.14. The van der Waals surface area contributed by atoms with Crippen molar-refractivity contribution in [3.05, 3.63) is 41.7 Å². The van der Waals surface area contributed by atoms with Crippen molar-refractivity contribution in [3.63, 3.8) is 0 Å². The highest BCUT2D eigenvalue weighted by Crippen LogP contribution is 2.24. The Kier molecular flexibility index (Phi) is 4.48. The topological polar surface area (TPSA) is 66.6 Å². The molecule has 1 aliphatic rings. The quantitative estimate of drug-likeness (QED) is 0.946. The van der Waals surface area contributed by atoms with Gasteiger partial charge in [0, 0.05) is 24.7 Å². The van der Waals surface area contributed by atoms with Crippen molar-refractivity contribution in [2.75, 3.05) is 13.1 Å². The molecular weight excluding hydrogens is 292 g/mol. The van der Waals surface area contributed by atoms with E-state index in [1.165, 1.54) is 5.56 Å². The first-order valence-electron chi connectivity index (χ1n) is 8.05. The van der Waals surface area contributed by atoms with Crippen molar-refractivity contribution in [3.8, 4) is 11.3 Å². The minimum atomic E-state index is -0.314. The van der Waals surface area contributed by atoms with E-state index in [1.54, 1.807) is 11.0 Å². The predicted molar refractivity (Wildman–Crippen MR) is 87.0 cm³/mol. The lowest BCUT2D eigenvalue weighted by Gasteiger charge is -2.32. The molecule has 122 valence electrons. The van der Waals surface area contributed by atoms with E-state index in [1.807, 2.05) is 38.1 Å². The highest BCUT2D eigenvalue weighted by atomic mass is 16.5. The molecule has 0 radical (unpaired) electrons. The molecule has 2 aromatic rings. The van der Waals surface area contributed by atoms with E-state index in [0.29, 0.717) is 18.8 Å². The van der Waals surface area contributed by atoms with Crippen molar-refractivity contribution in [2.24, 2.45) is 5.92 Å². The Morgan fingerprint density at radius 2 is 1.96 bits per heavy atom. The van der Waals surface area contributed by atoms with E-state index in [2.05, 4.69) is 5.16 Å². The van der Waals surface area contributed by atoms with E-state index < -0.39 is 0 Å². The minimum absolute atomic E-state index is 0.125. The number of benzene rings is 1. The Morgan fingerprint density at radius 3 is 2.57 bits per heavy atom. The van der Waals surface area contributed by atoms with Crippen LogP contribution in [0.25, 0.3) is 11.3 Å². The average molecular weight is 314 g/mol. The Labute approximate surface area is 135 Å². The van der Waals surface area contributed by atoms with E-state index in [-0.39, 0.29) is 23.7 Å². The third kappa shape index (κ3) is 3.45. The lowest BCUT2D eigenvalue weighted by Crippen LogP contribution is -2.40. The van der Waals surface area contributed by atoms with Gasteiger partial charge < -0.3 is 14.5 Å². The van der Waals surface area contributed by atoms with Gasteiger partial charge in [0.05, 0.1) is 6.10 Å². The van der Waals surface area contributed by atoms with E-state index in [0.717, 1.165) is 18.4 Å². The summed E-state index contributed by atoms with van der Waals surface area (Å²) in [6.45, 7) is 5.13. The number of hydrogen-bond donors (Lipinski definition) is 1. The zero-order valence-electron chi connectivity index (χ0n) is 13.5. The fourth-order valence-corrected chi connectivity index (χ4v) is 2.98. The number of amides is 1. The maximum Gasteiger partial charge on any atom is 0.292 e. The zero-order valence-corrected chi connectivity index (χ0v) is 13.5. The number of piperidine rings is 1. The summed E-state index contributed by atoms with van der Waals surface area (Å²) in [5.74, 6) is 0.424. The lowest BCUT2D eigenvalue weighted by atomic mass is 9.92. The van der Waals surface area contributed by atoms with Gasteiger partial charge in [-0.1, -0.05) is 35.0 Å². The third-order valence-electron chi connectivity index (χ3n) is 4.58. The molecule has 1 aliphatic heterocycles. The first-order valence-corrected chi connectivity index (χ1v) is 8.05. The van der Waals surface area contributed by atoms with Crippen molar-refractivity contribution in [1.29, 1.82) is 0 Å². The number of aliphatic hydroxyl groups is 1. The van der Waals surface area contributed by atoms with Crippen molar-refractivity contribution >= 4 is 5.91 Å².